The SMILES string of the molecule is N=C(N)NCCCC(C(=O)O)N(CCOCCO)CCOCCO. The normalized spacial score (nSPS) is 12.3. The number of carboxylic acids is 1. The maximum absolute atomic E-state index is 11.6. The van der Waals surface area contributed by atoms with Crippen molar-refractivity contribution in [3.8, 4) is 0 Å². The second kappa shape index (κ2) is 15.1. The summed E-state index contributed by atoms with van der Waals surface area (Å²) in [5.74, 6) is -1.09. The van der Waals surface area contributed by atoms with Gasteiger partial charge in [-0.1, -0.05) is 0 Å². The highest BCUT2D eigenvalue weighted by Crippen LogP contribution is 2.08. The first-order valence-corrected chi connectivity index (χ1v) is 7.94. The smallest absolute Gasteiger partial charge is 0.320 e. The molecule has 0 aromatic rings. The second-order valence-corrected chi connectivity index (χ2v) is 5.04. The van der Waals surface area contributed by atoms with Crippen LogP contribution in [0.5, 0.6) is 0 Å². The molecule has 0 spiro atoms. The van der Waals surface area contributed by atoms with Crippen LogP contribution in [0.4, 0.5) is 0 Å². The molecule has 0 bridgehead atoms. The number of ether oxygens (including phenoxy) is 2. The van der Waals surface area contributed by atoms with Crippen LogP contribution in [0, 0.1) is 5.41 Å². The lowest BCUT2D eigenvalue weighted by Gasteiger charge is -2.28. The summed E-state index contributed by atoms with van der Waals surface area (Å²) in [7, 11) is 0. The molecule has 7 N–H and O–H groups in total. The van der Waals surface area contributed by atoms with E-state index in [1.54, 1.807) is 4.90 Å². The Labute approximate surface area is 142 Å². The summed E-state index contributed by atoms with van der Waals surface area (Å²) in [5.41, 5.74) is 5.19. The fraction of sp³-hybridized carbons (Fsp3) is 0.857. The molecule has 0 aliphatic heterocycles. The topological polar surface area (TPSA) is 161 Å². The van der Waals surface area contributed by atoms with Crippen LogP contribution in [0.3, 0.4) is 0 Å². The molecule has 10 heteroatoms. The molecule has 0 fully saturated rings. The van der Waals surface area contributed by atoms with Crippen LogP contribution in [0.15, 0.2) is 0 Å². The number of aliphatic hydroxyl groups is 2. The third kappa shape index (κ3) is 12.0. The van der Waals surface area contributed by atoms with Gasteiger partial charge in [0.2, 0.25) is 0 Å². The predicted molar refractivity (Wildman–Crippen MR) is 88.0 cm³/mol. The molecule has 0 aromatic heterocycles. The van der Waals surface area contributed by atoms with E-state index in [4.69, 9.17) is 30.8 Å². The number of hydrogen-bond acceptors (Lipinski definition) is 7. The van der Waals surface area contributed by atoms with Crippen LogP contribution in [-0.4, -0.2) is 97.5 Å². The van der Waals surface area contributed by atoms with E-state index in [9.17, 15) is 9.90 Å². The van der Waals surface area contributed by atoms with E-state index in [2.05, 4.69) is 5.32 Å². The van der Waals surface area contributed by atoms with Gasteiger partial charge in [-0.2, -0.15) is 0 Å². The van der Waals surface area contributed by atoms with Crippen molar-refractivity contribution in [3.63, 3.8) is 0 Å². The molecule has 10 nitrogen and oxygen atoms in total. The number of carboxylic acid groups (broad SMARTS) is 1. The minimum Gasteiger partial charge on any atom is -0.480 e. The Balaban J connectivity index is 4.47. The Morgan fingerprint density at radius 1 is 1.12 bits per heavy atom. The molecular weight excluding hydrogens is 320 g/mol. The third-order valence-electron chi connectivity index (χ3n) is 3.21. The zero-order valence-corrected chi connectivity index (χ0v) is 13.9. The largest absolute Gasteiger partial charge is 0.480 e. The number of aliphatic carboxylic acids is 1. The van der Waals surface area contributed by atoms with Crippen molar-refractivity contribution >= 4 is 11.9 Å². The Morgan fingerprint density at radius 3 is 2.08 bits per heavy atom. The minimum atomic E-state index is -0.942. The number of guanidine groups is 1. The molecule has 0 rings (SSSR count). The number of nitrogens with zero attached hydrogens (tertiary/aromatic N) is 1. The van der Waals surface area contributed by atoms with Crippen molar-refractivity contribution < 1.29 is 29.6 Å². The molecule has 0 saturated heterocycles. The van der Waals surface area contributed by atoms with Gasteiger partial charge in [0.15, 0.2) is 5.96 Å². The van der Waals surface area contributed by atoms with Crippen LogP contribution < -0.4 is 11.1 Å². The molecular formula is C14H30N4O6. The van der Waals surface area contributed by atoms with Gasteiger partial charge in [-0.3, -0.25) is 15.1 Å². The standard InChI is InChI=1S/C14H30N4O6/c15-14(16)17-3-1-2-12(13(21)22)18(4-8-23-10-6-19)5-9-24-11-7-20/h12,19-20H,1-11H2,(H,21,22)(H4,15,16,17). The van der Waals surface area contributed by atoms with E-state index in [0.717, 1.165) is 0 Å². The first kappa shape index (κ1) is 22.5. The molecule has 1 atom stereocenters. The van der Waals surface area contributed by atoms with E-state index < -0.39 is 12.0 Å². The van der Waals surface area contributed by atoms with Gasteiger partial charge in [0, 0.05) is 19.6 Å². The fourth-order valence-corrected chi connectivity index (χ4v) is 2.10. The van der Waals surface area contributed by atoms with Crippen LogP contribution in [0.1, 0.15) is 12.8 Å². The highest BCUT2D eigenvalue weighted by atomic mass is 16.5. The predicted octanol–water partition coefficient (Wildman–Crippen LogP) is -1.98. The molecule has 0 radical (unpaired) electrons. The van der Waals surface area contributed by atoms with Crippen LogP contribution in [0.25, 0.3) is 0 Å². The van der Waals surface area contributed by atoms with Gasteiger partial charge in [0.1, 0.15) is 6.04 Å². The Bertz CT molecular complexity index is 333. The van der Waals surface area contributed by atoms with Gasteiger partial charge < -0.3 is 35.8 Å². The Hall–Kier alpha value is -1.46. The van der Waals surface area contributed by atoms with Crippen molar-refractivity contribution in [2.75, 3.05) is 59.3 Å². The molecule has 24 heavy (non-hydrogen) atoms. The summed E-state index contributed by atoms with van der Waals surface area (Å²) in [6.45, 7) is 2.04. The van der Waals surface area contributed by atoms with Crippen molar-refractivity contribution in [2.45, 2.75) is 18.9 Å². The zero-order valence-electron chi connectivity index (χ0n) is 13.9. The molecule has 0 saturated carbocycles. The molecule has 0 heterocycles. The van der Waals surface area contributed by atoms with Gasteiger partial charge in [0.25, 0.3) is 0 Å². The maximum atomic E-state index is 11.6. The number of aliphatic hydroxyl groups excluding tert-OH is 2. The summed E-state index contributed by atoms with van der Waals surface area (Å²) in [5, 5.41) is 36.6. The van der Waals surface area contributed by atoms with Gasteiger partial charge in [0.05, 0.1) is 39.6 Å². The van der Waals surface area contributed by atoms with Gasteiger partial charge >= 0.3 is 5.97 Å². The second-order valence-electron chi connectivity index (χ2n) is 5.04. The quantitative estimate of drug-likeness (QED) is 0.105. The lowest BCUT2D eigenvalue weighted by Crippen LogP contribution is -2.45. The first-order chi connectivity index (χ1) is 11.5. The number of hydrogen-bond donors (Lipinski definition) is 6. The zero-order chi connectivity index (χ0) is 18.2. The van der Waals surface area contributed by atoms with E-state index in [-0.39, 0.29) is 32.4 Å². The number of rotatable bonds is 16. The van der Waals surface area contributed by atoms with Gasteiger partial charge in [-0.15, -0.1) is 0 Å². The van der Waals surface area contributed by atoms with E-state index in [1.165, 1.54) is 0 Å². The number of nitrogens with one attached hydrogen (secondary N) is 2. The molecule has 0 aliphatic rings. The lowest BCUT2D eigenvalue weighted by atomic mass is 10.1. The molecule has 0 aliphatic carbocycles. The molecule has 1 unspecified atom stereocenters. The summed E-state index contributed by atoms with van der Waals surface area (Å²) in [4.78, 5) is 13.3. The van der Waals surface area contributed by atoms with E-state index >= 15 is 0 Å². The Kier molecular flexibility index (Phi) is 14.2. The number of nitrogens with two attached hydrogens (primary N) is 1. The highest BCUT2D eigenvalue weighted by Gasteiger charge is 2.24. The Morgan fingerprint density at radius 2 is 1.67 bits per heavy atom. The van der Waals surface area contributed by atoms with Crippen LogP contribution >= 0.6 is 0 Å². The third-order valence-corrected chi connectivity index (χ3v) is 3.21. The molecule has 0 amide bonds. The van der Waals surface area contributed by atoms with Crippen molar-refractivity contribution in [2.24, 2.45) is 5.73 Å². The lowest BCUT2D eigenvalue weighted by molar-refractivity contribution is -0.144. The van der Waals surface area contributed by atoms with E-state index in [0.29, 0.717) is 45.7 Å². The minimum absolute atomic E-state index is 0.0846. The first-order valence-electron chi connectivity index (χ1n) is 7.94. The number of carbonyl (C=O) groups is 1. The summed E-state index contributed by atoms with van der Waals surface area (Å²) >= 11 is 0. The summed E-state index contributed by atoms with van der Waals surface area (Å²) in [6, 6.07) is -0.714. The average molecular weight is 350 g/mol. The fourth-order valence-electron chi connectivity index (χ4n) is 2.10. The summed E-state index contributed by atoms with van der Waals surface area (Å²) in [6.07, 6.45) is 0.928. The molecule has 0 aromatic carbocycles. The van der Waals surface area contributed by atoms with Crippen molar-refractivity contribution in [1.82, 2.24) is 10.2 Å². The van der Waals surface area contributed by atoms with Crippen LogP contribution in [-0.2, 0) is 14.3 Å². The van der Waals surface area contributed by atoms with Gasteiger partial charge in [-0.05, 0) is 12.8 Å². The van der Waals surface area contributed by atoms with Crippen molar-refractivity contribution in [3.05, 3.63) is 0 Å². The highest BCUT2D eigenvalue weighted by molar-refractivity contribution is 5.74. The maximum Gasteiger partial charge on any atom is 0.320 e. The summed E-state index contributed by atoms with van der Waals surface area (Å²) < 4.78 is 10.4. The van der Waals surface area contributed by atoms with Crippen molar-refractivity contribution in [1.29, 1.82) is 5.41 Å². The van der Waals surface area contributed by atoms with Crippen LogP contribution in [0.2, 0.25) is 0 Å². The monoisotopic (exact) mass is 350 g/mol. The van der Waals surface area contributed by atoms with E-state index in [1.807, 2.05) is 0 Å². The van der Waals surface area contributed by atoms with Gasteiger partial charge in [-0.25, -0.2) is 0 Å². The molecule has 142 valence electrons. The average Bonchev–Trinajstić information content (AvgIpc) is 2.53.